The minimum atomic E-state index is 0. The molecule has 0 rings (SSSR count). The lowest BCUT2D eigenvalue weighted by molar-refractivity contribution is 0.865. The minimum absolute atomic E-state index is 0. The zero-order chi connectivity index (χ0) is 5.54. The molecular weight excluding hydrogens is 111 g/mol. The number of unbranched alkanes of at least 4 members (excludes halogenated alkanes) is 2. The molecule has 8 heavy (non-hydrogen) atoms. The van der Waals surface area contributed by atoms with Crippen LogP contribution in [0.3, 0.4) is 0 Å². The predicted octanol–water partition coefficient (Wildman–Crippen LogP) is 1.38. The molecule has 0 saturated carbocycles. The van der Waals surface area contributed by atoms with E-state index in [9.17, 15) is 0 Å². The Labute approximate surface area is 63.1 Å². The first kappa shape index (κ1) is 11.1. The van der Waals surface area contributed by atoms with E-state index in [1.54, 1.807) is 0 Å². The van der Waals surface area contributed by atoms with Gasteiger partial charge in [0.25, 0.3) is 0 Å². The van der Waals surface area contributed by atoms with E-state index in [0.717, 1.165) is 6.42 Å². The SMILES string of the molecule is [AlH3].[CH2]CCCC=CC. The smallest absolute Gasteiger partial charge is 0.0917 e. The van der Waals surface area contributed by atoms with Crippen LogP contribution in [-0.4, -0.2) is 17.4 Å². The van der Waals surface area contributed by atoms with Crippen LogP contribution >= 0.6 is 0 Å². The van der Waals surface area contributed by atoms with Crippen molar-refractivity contribution >= 4 is 17.4 Å². The first-order valence-electron chi connectivity index (χ1n) is 2.82. The summed E-state index contributed by atoms with van der Waals surface area (Å²) < 4.78 is 0. The molecule has 0 amide bonds. The maximum atomic E-state index is 3.72. The summed E-state index contributed by atoms with van der Waals surface area (Å²) in [6.45, 7) is 5.77. The van der Waals surface area contributed by atoms with Crippen molar-refractivity contribution in [1.29, 1.82) is 0 Å². The highest BCUT2D eigenvalue weighted by atomic mass is 27.0. The molecule has 0 heterocycles. The van der Waals surface area contributed by atoms with Gasteiger partial charge in [-0.05, 0) is 19.8 Å². The van der Waals surface area contributed by atoms with Crippen molar-refractivity contribution in [1.82, 2.24) is 0 Å². The van der Waals surface area contributed by atoms with Gasteiger partial charge in [0.1, 0.15) is 0 Å². The average molecular weight is 127 g/mol. The largest absolute Gasteiger partial charge is 0.187 e. The Morgan fingerprint density at radius 3 is 2.50 bits per heavy atom. The summed E-state index contributed by atoms with van der Waals surface area (Å²) in [5.74, 6) is 0. The van der Waals surface area contributed by atoms with E-state index in [1.165, 1.54) is 12.8 Å². The zero-order valence-electron chi connectivity index (χ0n) is 4.98. The molecule has 0 atom stereocenters. The topological polar surface area (TPSA) is 0 Å². The molecule has 0 bridgehead atoms. The molecule has 47 valence electrons. The van der Waals surface area contributed by atoms with Gasteiger partial charge in [-0.1, -0.05) is 25.5 Å². The Morgan fingerprint density at radius 1 is 1.50 bits per heavy atom. The van der Waals surface area contributed by atoms with Crippen molar-refractivity contribution in [2.75, 3.05) is 0 Å². The third-order valence-electron chi connectivity index (χ3n) is 0.856. The molecule has 0 spiro atoms. The van der Waals surface area contributed by atoms with Crippen LogP contribution in [0.1, 0.15) is 26.2 Å². The van der Waals surface area contributed by atoms with Crippen LogP contribution in [0.25, 0.3) is 0 Å². The lowest BCUT2D eigenvalue weighted by atomic mass is 10.2. The van der Waals surface area contributed by atoms with E-state index in [-0.39, 0.29) is 17.4 Å². The summed E-state index contributed by atoms with van der Waals surface area (Å²) in [5.41, 5.74) is 0. The fraction of sp³-hybridized carbons (Fsp3) is 0.571. The molecule has 0 unspecified atom stereocenters. The molecule has 0 aliphatic heterocycles. The highest BCUT2D eigenvalue weighted by molar-refractivity contribution is 5.75. The molecule has 1 heteroatoms. The van der Waals surface area contributed by atoms with E-state index in [1.807, 2.05) is 6.92 Å². The third-order valence-corrected chi connectivity index (χ3v) is 0.856. The van der Waals surface area contributed by atoms with E-state index in [4.69, 9.17) is 0 Å². The maximum absolute atomic E-state index is 3.72. The van der Waals surface area contributed by atoms with Gasteiger partial charge in [0.2, 0.25) is 0 Å². The number of hydrogen-bond acceptors (Lipinski definition) is 0. The molecule has 1 radical (unpaired) electrons. The van der Waals surface area contributed by atoms with Crippen molar-refractivity contribution < 1.29 is 0 Å². The van der Waals surface area contributed by atoms with E-state index >= 15 is 0 Å². The molecule has 0 aromatic rings. The van der Waals surface area contributed by atoms with Crippen LogP contribution in [0.5, 0.6) is 0 Å². The minimum Gasteiger partial charge on any atom is -0.0917 e. The molecule has 0 aliphatic carbocycles. The lowest BCUT2D eigenvalue weighted by Gasteiger charge is -1.83. The number of allylic oxidation sites excluding steroid dienone is 2. The molecular formula is C7H16Al. The van der Waals surface area contributed by atoms with Crippen LogP contribution in [0, 0.1) is 6.92 Å². The highest BCUT2D eigenvalue weighted by Gasteiger charge is 1.73. The van der Waals surface area contributed by atoms with Crippen molar-refractivity contribution in [3.8, 4) is 0 Å². The monoisotopic (exact) mass is 127 g/mol. The van der Waals surface area contributed by atoms with Gasteiger partial charge in [-0.3, -0.25) is 0 Å². The average Bonchev–Trinajstić information content (AvgIpc) is 1.69. The van der Waals surface area contributed by atoms with Gasteiger partial charge in [-0.2, -0.15) is 0 Å². The second-order valence-corrected chi connectivity index (χ2v) is 1.56. The van der Waals surface area contributed by atoms with Crippen LogP contribution in [0.2, 0.25) is 0 Å². The predicted molar refractivity (Wildman–Crippen MR) is 44.0 cm³/mol. The molecule has 0 aromatic heterocycles. The van der Waals surface area contributed by atoms with Gasteiger partial charge in [0.15, 0.2) is 17.4 Å². The third kappa shape index (κ3) is 9.55. The molecule has 0 fully saturated rings. The fourth-order valence-corrected chi connectivity index (χ4v) is 0.429. The van der Waals surface area contributed by atoms with Crippen molar-refractivity contribution in [2.45, 2.75) is 26.2 Å². The number of rotatable bonds is 3. The van der Waals surface area contributed by atoms with Crippen LogP contribution in [-0.2, 0) is 0 Å². The van der Waals surface area contributed by atoms with Crippen LogP contribution in [0.4, 0.5) is 0 Å². The zero-order valence-corrected chi connectivity index (χ0v) is 4.98. The van der Waals surface area contributed by atoms with Gasteiger partial charge in [0, 0.05) is 0 Å². The van der Waals surface area contributed by atoms with Gasteiger partial charge in [-0.15, -0.1) is 0 Å². The summed E-state index contributed by atoms with van der Waals surface area (Å²) in [5, 5.41) is 0. The highest BCUT2D eigenvalue weighted by Crippen LogP contribution is 1.92. The van der Waals surface area contributed by atoms with E-state index in [2.05, 4.69) is 19.1 Å². The van der Waals surface area contributed by atoms with Crippen LogP contribution in [0.15, 0.2) is 12.2 Å². The first-order valence-corrected chi connectivity index (χ1v) is 2.82. The Kier molecular flexibility index (Phi) is 14.3. The summed E-state index contributed by atoms with van der Waals surface area (Å²) >= 11 is 0. The van der Waals surface area contributed by atoms with Crippen molar-refractivity contribution in [3.63, 3.8) is 0 Å². The van der Waals surface area contributed by atoms with E-state index in [0.29, 0.717) is 0 Å². The van der Waals surface area contributed by atoms with Crippen molar-refractivity contribution in [2.24, 2.45) is 0 Å². The Bertz CT molecular complexity index is 48.3. The van der Waals surface area contributed by atoms with Gasteiger partial charge < -0.3 is 0 Å². The Balaban J connectivity index is 0. The van der Waals surface area contributed by atoms with Gasteiger partial charge in [-0.25, -0.2) is 0 Å². The summed E-state index contributed by atoms with van der Waals surface area (Å²) in [7, 11) is 0. The van der Waals surface area contributed by atoms with Gasteiger partial charge >= 0.3 is 0 Å². The second-order valence-electron chi connectivity index (χ2n) is 1.56. The fourth-order valence-electron chi connectivity index (χ4n) is 0.429. The summed E-state index contributed by atoms with van der Waals surface area (Å²) in [6.07, 6.45) is 7.73. The Hall–Kier alpha value is 0.272. The molecule has 0 aliphatic rings. The maximum Gasteiger partial charge on any atom is 0.187 e. The van der Waals surface area contributed by atoms with Crippen molar-refractivity contribution in [3.05, 3.63) is 19.1 Å². The second kappa shape index (κ2) is 10.3. The standard InChI is InChI=1S/C7H13.Al.3H/c1-3-5-7-6-4-2;;;;/h4,6H,1,3,5,7H2,2H3;;;;. The molecule has 0 N–H and O–H groups in total. The normalized spacial score (nSPS) is 9.25. The summed E-state index contributed by atoms with van der Waals surface area (Å²) in [4.78, 5) is 0. The quantitative estimate of drug-likeness (QED) is 0.305. The summed E-state index contributed by atoms with van der Waals surface area (Å²) in [6, 6.07) is 0. The van der Waals surface area contributed by atoms with Crippen LogP contribution < -0.4 is 0 Å². The molecule has 0 nitrogen and oxygen atoms in total. The van der Waals surface area contributed by atoms with E-state index < -0.39 is 0 Å². The first-order chi connectivity index (χ1) is 3.41. The Morgan fingerprint density at radius 2 is 2.12 bits per heavy atom. The van der Waals surface area contributed by atoms with Gasteiger partial charge in [0.05, 0.1) is 0 Å². The molecule has 0 aromatic carbocycles. The lowest BCUT2D eigenvalue weighted by Crippen LogP contribution is -1.64. The molecule has 0 saturated heterocycles. The number of hydrogen-bond donors (Lipinski definition) is 0.